The van der Waals surface area contributed by atoms with Gasteiger partial charge in [0.15, 0.2) is 24.5 Å². The average molecular weight is 1570 g/mol. The average Bonchev–Trinajstić information content (AvgIpc) is 1.48. The molecule has 4 heterocycles. The Kier molecular flexibility index (Phi) is 31.0. The number of halogens is 3. The number of carbonyl (C=O) groups is 4. The lowest BCUT2D eigenvalue weighted by Gasteiger charge is -2.49. The highest BCUT2D eigenvalue weighted by Gasteiger charge is 2.62. The minimum Gasteiger partial charge on any atom is -0.457 e. The van der Waals surface area contributed by atoms with Gasteiger partial charge in [0.05, 0.1) is 65.6 Å². The molecule has 0 aromatic heterocycles. The lowest BCUT2D eigenvalue weighted by Crippen LogP contribution is -2.68. The standard InChI is InChI=1S/C83H91Cl3N2O22/c1-5-42-94-75-68(88-78(90)95-43-6-2)74(107-80(92)102-51-62-40-26-13-27-41-62)70(98-48-59-34-20-10-21-35-59)65(105-75)53-100-76-67(87-79(91)103-55-83(84,85)86)73(99-49-60-36-22-11-23-37-60)69(97-47-58-32-18-9-19-33-58)66(106-76)54-104-82(77(89)101-50-61-38-24-12-25-39-61)44-63-71(109-81(3,4)108-63)72(110-82)64(96-46-57-30-16-8-17-31-57)52-93-45-56-28-14-7-15-29-56/h5-41,63-76H,1-2,42-55H2,3-4H3,(H,87,91)(H,88,90)/t63-,64-,65-,66-,67-,68-,69-,70-,71-,72-,73-,74-,75+,76-,82?/m1/s1. The fraction of sp³-hybridized carbons (Fsp3) is 0.398. The van der Waals surface area contributed by atoms with Crippen molar-refractivity contribution >= 4 is 59.1 Å². The molecule has 110 heavy (non-hydrogen) atoms. The second-order valence-electron chi connectivity index (χ2n) is 26.7. The van der Waals surface area contributed by atoms with Crippen LogP contribution in [0.25, 0.3) is 0 Å². The summed E-state index contributed by atoms with van der Waals surface area (Å²) in [5.74, 6) is -4.57. The zero-order valence-corrected chi connectivity index (χ0v) is 63.1. The first-order chi connectivity index (χ1) is 53.4. The first-order valence-corrected chi connectivity index (χ1v) is 37.2. The third-order valence-corrected chi connectivity index (χ3v) is 18.4. The van der Waals surface area contributed by atoms with Crippen LogP contribution >= 0.6 is 34.8 Å². The van der Waals surface area contributed by atoms with E-state index in [1.807, 2.05) is 188 Å². The monoisotopic (exact) mass is 1570 g/mol. The third kappa shape index (κ3) is 24.6. The maximum absolute atomic E-state index is 15.9. The highest BCUT2D eigenvalue weighted by molar-refractivity contribution is 6.67. The predicted octanol–water partition coefficient (Wildman–Crippen LogP) is 13.4. The van der Waals surface area contributed by atoms with Crippen molar-refractivity contribution in [3.63, 3.8) is 0 Å². The summed E-state index contributed by atoms with van der Waals surface area (Å²) in [6.07, 6.45) is -16.3. The molecule has 11 rings (SSSR count). The number of benzene rings is 7. The molecule has 0 spiro atoms. The topological polar surface area (TPSA) is 258 Å². The molecule has 4 saturated heterocycles. The maximum atomic E-state index is 15.9. The number of alkyl carbamates (subject to hydrolysis) is 2. The molecule has 0 aliphatic carbocycles. The number of carbonyl (C=O) groups excluding carboxylic acids is 4. The lowest BCUT2D eigenvalue weighted by atomic mass is 9.92. The van der Waals surface area contributed by atoms with Gasteiger partial charge in [-0.25, -0.2) is 19.2 Å². The number of hydrogen-bond donors (Lipinski definition) is 2. The molecule has 0 radical (unpaired) electrons. The van der Waals surface area contributed by atoms with Gasteiger partial charge in [0.25, 0.3) is 5.79 Å². The molecule has 4 fully saturated rings. The van der Waals surface area contributed by atoms with E-state index in [2.05, 4.69) is 23.8 Å². The number of esters is 1. The van der Waals surface area contributed by atoms with E-state index in [0.29, 0.717) is 27.8 Å². The lowest BCUT2D eigenvalue weighted by molar-refractivity contribution is -0.343. The van der Waals surface area contributed by atoms with Crippen LogP contribution in [-0.4, -0.2) is 165 Å². The molecule has 7 aromatic rings. The Bertz CT molecular complexity index is 3960. The van der Waals surface area contributed by atoms with Crippen molar-refractivity contribution in [2.24, 2.45) is 0 Å². The summed E-state index contributed by atoms with van der Waals surface area (Å²) >= 11 is 18.6. The van der Waals surface area contributed by atoms with E-state index in [1.165, 1.54) is 12.2 Å². The number of fused-ring (bicyclic) bond motifs is 1. The fourth-order valence-corrected chi connectivity index (χ4v) is 13.1. The fourth-order valence-electron chi connectivity index (χ4n) is 13.0. The molecule has 15 atom stereocenters. The first kappa shape index (κ1) is 82.6. The van der Waals surface area contributed by atoms with E-state index >= 15 is 4.79 Å². The van der Waals surface area contributed by atoms with Gasteiger partial charge in [-0.15, -0.1) is 6.58 Å². The number of ether oxygens (including phenoxy) is 18. The summed E-state index contributed by atoms with van der Waals surface area (Å²) in [5.41, 5.74) is 5.13. The van der Waals surface area contributed by atoms with Gasteiger partial charge in [0, 0.05) is 6.42 Å². The van der Waals surface area contributed by atoms with Crippen molar-refractivity contribution in [1.82, 2.24) is 10.6 Å². The molecule has 586 valence electrons. The van der Waals surface area contributed by atoms with Crippen LogP contribution in [0.3, 0.4) is 0 Å². The van der Waals surface area contributed by atoms with Crippen molar-refractivity contribution in [2.75, 3.05) is 39.6 Å². The second-order valence-corrected chi connectivity index (χ2v) is 29.3. The van der Waals surface area contributed by atoms with Crippen molar-refractivity contribution in [3.8, 4) is 0 Å². The Morgan fingerprint density at radius 3 is 1.44 bits per heavy atom. The van der Waals surface area contributed by atoms with Gasteiger partial charge in [0.2, 0.25) is 3.79 Å². The normalized spacial score (nSPS) is 25.2. The summed E-state index contributed by atoms with van der Waals surface area (Å²) in [7, 11) is 0. The van der Waals surface area contributed by atoms with Crippen LogP contribution in [-0.2, 0) is 136 Å². The molecule has 2 N–H and O–H groups in total. The highest BCUT2D eigenvalue weighted by Crippen LogP contribution is 2.45. The van der Waals surface area contributed by atoms with E-state index in [4.69, 9.17) is 120 Å². The number of rotatable bonds is 37. The second kappa shape index (κ2) is 41.3. The largest absolute Gasteiger partial charge is 0.509 e. The first-order valence-electron chi connectivity index (χ1n) is 36.1. The number of nitrogens with one attached hydrogen (secondary N) is 2. The van der Waals surface area contributed by atoms with Crippen molar-refractivity contribution in [2.45, 2.75) is 168 Å². The quantitative estimate of drug-likeness (QED) is 0.0159. The minimum atomic E-state index is -2.39. The molecule has 24 nitrogen and oxygen atoms in total. The molecule has 2 amide bonds. The minimum absolute atomic E-state index is 0.0672. The van der Waals surface area contributed by atoms with E-state index in [-0.39, 0.29) is 72.5 Å². The Morgan fingerprint density at radius 2 is 0.927 bits per heavy atom. The Balaban J connectivity index is 1.01. The molecule has 1 unspecified atom stereocenters. The van der Waals surface area contributed by atoms with Crippen LogP contribution in [0.5, 0.6) is 0 Å². The van der Waals surface area contributed by atoms with Gasteiger partial charge in [-0.2, -0.15) is 0 Å². The van der Waals surface area contributed by atoms with E-state index in [9.17, 15) is 14.4 Å². The summed E-state index contributed by atoms with van der Waals surface area (Å²) in [6, 6.07) is 61.9. The van der Waals surface area contributed by atoms with Crippen molar-refractivity contribution in [1.29, 1.82) is 0 Å². The smallest absolute Gasteiger partial charge is 0.457 e. The van der Waals surface area contributed by atoms with Gasteiger partial charge in [0.1, 0.15) is 87.3 Å². The highest BCUT2D eigenvalue weighted by atomic mass is 35.6. The Labute approximate surface area is 654 Å². The molecule has 4 aliphatic heterocycles. The number of hydrogen-bond acceptors (Lipinski definition) is 22. The van der Waals surface area contributed by atoms with E-state index in [0.717, 1.165) is 11.1 Å². The summed E-state index contributed by atoms with van der Waals surface area (Å²) < 4.78 is 117. The van der Waals surface area contributed by atoms with E-state index in [1.54, 1.807) is 38.1 Å². The van der Waals surface area contributed by atoms with Crippen LogP contribution < -0.4 is 10.6 Å². The van der Waals surface area contributed by atoms with Crippen LogP contribution in [0.4, 0.5) is 14.4 Å². The molecule has 27 heteroatoms. The predicted molar refractivity (Wildman–Crippen MR) is 402 cm³/mol. The zero-order chi connectivity index (χ0) is 77.1. The van der Waals surface area contributed by atoms with Crippen LogP contribution in [0, 0.1) is 0 Å². The summed E-state index contributed by atoms with van der Waals surface area (Å²) in [4.78, 5) is 58.5. The summed E-state index contributed by atoms with van der Waals surface area (Å²) in [6.45, 7) is 8.27. The van der Waals surface area contributed by atoms with Gasteiger partial charge < -0.3 is 95.9 Å². The maximum Gasteiger partial charge on any atom is 0.509 e. The molecular formula is C83H91Cl3N2O22. The molecular weight excluding hydrogens is 1480 g/mol. The van der Waals surface area contributed by atoms with Crippen LogP contribution in [0.2, 0.25) is 0 Å². The summed E-state index contributed by atoms with van der Waals surface area (Å²) in [5, 5.41) is 5.64. The van der Waals surface area contributed by atoms with Crippen molar-refractivity contribution < 1.29 is 104 Å². The van der Waals surface area contributed by atoms with Crippen molar-refractivity contribution in [3.05, 3.63) is 277 Å². The van der Waals surface area contributed by atoms with Gasteiger partial charge in [-0.05, 0) is 52.8 Å². The molecule has 7 aromatic carbocycles. The zero-order valence-electron chi connectivity index (χ0n) is 60.9. The molecule has 0 bridgehead atoms. The Morgan fingerprint density at radius 1 is 0.491 bits per heavy atom. The van der Waals surface area contributed by atoms with Gasteiger partial charge in [-0.3, -0.25) is 0 Å². The van der Waals surface area contributed by atoms with E-state index < -0.39 is 145 Å². The van der Waals surface area contributed by atoms with Gasteiger partial charge >= 0.3 is 24.3 Å². The Hall–Kier alpha value is -8.35. The molecule has 4 aliphatic rings. The van der Waals surface area contributed by atoms with Crippen LogP contribution in [0.15, 0.2) is 238 Å². The number of amides is 2. The van der Waals surface area contributed by atoms with Crippen LogP contribution in [0.1, 0.15) is 59.2 Å². The molecule has 0 saturated carbocycles. The SMILES string of the molecule is C=CCOC(=O)N[C@H]1[C@@H](OCC=C)O[C@H](CO[C@@H]2O[C@H](COC3(C(=O)OCc4ccccc4)C[C@H]4OC(C)(C)O[C@H]4[C@@H]([C@@H](COCc4ccccc4)OCc4ccccc4)O3)[C@@H](OCc3ccccc3)[C@H](OCc3ccccc3)[C@H]2NC(=O)OCC(Cl)(Cl)Cl)[C@@H](OCc2ccccc2)[C@@H]1OC(=O)OCc1ccccc1. The van der Waals surface area contributed by atoms with Gasteiger partial charge in [-0.1, -0.05) is 266 Å². The third-order valence-electron chi connectivity index (χ3n) is 18.1. The number of alkyl halides is 3.